The van der Waals surface area contributed by atoms with E-state index >= 15 is 0 Å². The van der Waals surface area contributed by atoms with E-state index in [4.69, 9.17) is 25.9 Å². The molecule has 4 rings (SSSR count). The summed E-state index contributed by atoms with van der Waals surface area (Å²) >= 11 is 0. The van der Waals surface area contributed by atoms with Crippen molar-refractivity contribution in [2.24, 2.45) is 31.6 Å². The van der Waals surface area contributed by atoms with Crippen LogP contribution in [0.3, 0.4) is 0 Å². The third-order valence-corrected chi connectivity index (χ3v) is 5.30. The van der Waals surface area contributed by atoms with Gasteiger partial charge in [0.2, 0.25) is 11.5 Å². The standard InChI is InChI=1S/C21H22N6O3/c1-29-13-8-10-17(30-2)15(11-13)21(18(22)27-28)19(25-20(23)26-21)24-16-9-7-12-5-3-4-6-14(12)16/h3-6,8,10-11,28H,7,9H2,1-2H3,(H2,22,27)(H2,23,26). The predicted octanol–water partition coefficient (Wildman–Crippen LogP) is 1.81. The van der Waals surface area contributed by atoms with Gasteiger partial charge < -0.3 is 26.1 Å². The highest BCUT2D eigenvalue weighted by atomic mass is 16.5. The van der Waals surface area contributed by atoms with Crippen LogP contribution in [0.15, 0.2) is 62.6 Å². The first kappa shape index (κ1) is 19.4. The van der Waals surface area contributed by atoms with Gasteiger partial charge in [-0.15, -0.1) is 0 Å². The molecule has 0 radical (unpaired) electrons. The lowest BCUT2D eigenvalue weighted by Gasteiger charge is -2.27. The maximum atomic E-state index is 9.61. The maximum Gasteiger partial charge on any atom is 0.219 e. The number of aryl methyl sites for hydroxylation is 1. The van der Waals surface area contributed by atoms with Crippen molar-refractivity contribution in [3.8, 4) is 11.5 Å². The Hall–Kier alpha value is -3.88. The van der Waals surface area contributed by atoms with Crippen molar-refractivity contribution < 1.29 is 14.7 Å². The summed E-state index contributed by atoms with van der Waals surface area (Å²) in [5, 5.41) is 12.9. The van der Waals surface area contributed by atoms with Crippen LogP contribution in [0.4, 0.5) is 0 Å². The van der Waals surface area contributed by atoms with Gasteiger partial charge in [0, 0.05) is 5.56 Å². The number of hydrogen-bond donors (Lipinski definition) is 3. The van der Waals surface area contributed by atoms with Crippen molar-refractivity contribution in [1.29, 1.82) is 0 Å². The Balaban J connectivity index is 1.94. The number of guanidine groups is 1. The second kappa shape index (κ2) is 7.51. The van der Waals surface area contributed by atoms with Gasteiger partial charge in [-0.05, 0) is 42.2 Å². The van der Waals surface area contributed by atoms with Crippen LogP contribution >= 0.6 is 0 Å². The minimum atomic E-state index is -1.55. The monoisotopic (exact) mass is 406 g/mol. The predicted molar refractivity (Wildman–Crippen MR) is 115 cm³/mol. The van der Waals surface area contributed by atoms with Crippen LogP contribution in [0.5, 0.6) is 11.5 Å². The van der Waals surface area contributed by atoms with Crippen LogP contribution in [-0.4, -0.2) is 42.8 Å². The van der Waals surface area contributed by atoms with E-state index < -0.39 is 5.54 Å². The minimum Gasteiger partial charge on any atom is -0.497 e. The smallest absolute Gasteiger partial charge is 0.219 e. The number of nitrogens with two attached hydrogens (primary N) is 2. The fraction of sp³-hybridized carbons (Fsp3) is 0.238. The van der Waals surface area contributed by atoms with Crippen LogP contribution in [0.1, 0.15) is 23.1 Å². The Labute approximate surface area is 173 Å². The summed E-state index contributed by atoms with van der Waals surface area (Å²) in [6.45, 7) is 0. The minimum absolute atomic E-state index is 0.0305. The molecule has 2 aromatic carbocycles. The first-order chi connectivity index (χ1) is 14.5. The molecule has 5 N–H and O–H groups in total. The Bertz CT molecular complexity index is 1120. The van der Waals surface area contributed by atoms with Gasteiger partial charge in [-0.2, -0.15) is 4.99 Å². The molecule has 0 bridgehead atoms. The average Bonchev–Trinajstić information content (AvgIpc) is 3.34. The second-order valence-electron chi connectivity index (χ2n) is 6.88. The molecule has 154 valence electrons. The molecule has 2 aromatic rings. The molecule has 1 atom stereocenters. The van der Waals surface area contributed by atoms with E-state index in [-0.39, 0.29) is 17.6 Å². The van der Waals surface area contributed by atoms with Gasteiger partial charge in [-0.3, -0.25) is 0 Å². The molecule has 0 spiro atoms. The van der Waals surface area contributed by atoms with Crippen LogP contribution in [0.25, 0.3) is 0 Å². The van der Waals surface area contributed by atoms with Gasteiger partial charge in [0.05, 0.1) is 19.9 Å². The molecular formula is C21H22N6O3. The van der Waals surface area contributed by atoms with Crippen molar-refractivity contribution in [2.75, 3.05) is 14.2 Å². The largest absolute Gasteiger partial charge is 0.497 e. The Morgan fingerprint density at radius 3 is 2.67 bits per heavy atom. The SMILES string of the molecule is COc1ccc(OC)c(C2(C(N)=NO)N=C(N)N=C2N=C2CCc3ccccc32)c1. The lowest BCUT2D eigenvalue weighted by atomic mass is 9.87. The summed E-state index contributed by atoms with van der Waals surface area (Å²) in [6, 6.07) is 13.2. The zero-order valence-corrected chi connectivity index (χ0v) is 16.7. The summed E-state index contributed by atoms with van der Waals surface area (Å²) in [7, 11) is 3.06. The summed E-state index contributed by atoms with van der Waals surface area (Å²) in [4.78, 5) is 13.6. The number of fused-ring (bicyclic) bond motifs is 1. The number of methoxy groups -OCH3 is 2. The van der Waals surface area contributed by atoms with E-state index in [0.29, 0.717) is 17.1 Å². The highest BCUT2D eigenvalue weighted by molar-refractivity contribution is 6.25. The number of benzene rings is 2. The van der Waals surface area contributed by atoms with Crippen molar-refractivity contribution in [2.45, 2.75) is 18.4 Å². The van der Waals surface area contributed by atoms with Crippen LogP contribution in [-0.2, 0) is 12.0 Å². The zero-order chi connectivity index (χ0) is 21.3. The van der Waals surface area contributed by atoms with Crippen molar-refractivity contribution in [1.82, 2.24) is 0 Å². The zero-order valence-electron chi connectivity index (χ0n) is 16.7. The lowest BCUT2D eigenvalue weighted by Crippen LogP contribution is -2.45. The molecule has 0 saturated carbocycles. The topological polar surface area (TPSA) is 140 Å². The van der Waals surface area contributed by atoms with Gasteiger partial charge in [0.15, 0.2) is 11.7 Å². The van der Waals surface area contributed by atoms with E-state index in [0.717, 1.165) is 24.1 Å². The van der Waals surface area contributed by atoms with Crippen molar-refractivity contribution in [3.63, 3.8) is 0 Å². The normalized spacial score (nSPS) is 21.9. The fourth-order valence-corrected chi connectivity index (χ4v) is 3.85. The summed E-state index contributed by atoms with van der Waals surface area (Å²) in [5.74, 6) is 0.921. The summed E-state index contributed by atoms with van der Waals surface area (Å²) in [6.07, 6.45) is 1.61. The first-order valence-electron chi connectivity index (χ1n) is 9.34. The van der Waals surface area contributed by atoms with Gasteiger partial charge in [-0.1, -0.05) is 29.4 Å². The van der Waals surface area contributed by atoms with E-state index in [1.165, 1.54) is 12.7 Å². The lowest BCUT2D eigenvalue weighted by molar-refractivity contribution is 0.314. The Kier molecular flexibility index (Phi) is 4.86. The summed E-state index contributed by atoms with van der Waals surface area (Å²) < 4.78 is 10.9. The maximum absolute atomic E-state index is 9.61. The van der Waals surface area contributed by atoms with E-state index in [1.807, 2.05) is 18.2 Å². The molecule has 0 amide bonds. The van der Waals surface area contributed by atoms with Crippen LogP contribution in [0.2, 0.25) is 0 Å². The molecule has 1 aliphatic carbocycles. The quantitative estimate of drug-likeness (QED) is 0.307. The van der Waals surface area contributed by atoms with Gasteiger partial charge in [0.1, 0.15) is 11.5 Å². The van der Waals surface area contributed by atoms with Crippen molar-refractivity contribution >= 4 is 23.3 Å². The van der Waals surface area contributed by atoms with Gasteiger partial charge in [0.25, 0.3) is 0 Å². The van der Waals surface area contributed by atoms with Gasteiger partial charge in [-0.25, -0.2) is 9.98 Å². The molecule has 30 heavy (non-hydrogen) atoms. The highest BCUT2D eigenvalue weighted by Gasteiger charge is 2.49. The third kappa shape index (κ3) is 2.95. The number of ether oxygens (including phenoxy) is 2. The second-order valence-corrected chi connectivity index (χ2v) is 6.88. The number of aliphatic imine (C=N–C) groups is 3. The highest BCUT2D eigenvalue weighted by Crippen LogP contribution is 2.40. The molecule has 0 aromatic heterocycles. The van der Waals surface area contributed by atoms with Crippen molar-refractivity contribution in [3.05, 3.63) is 59.2 Å². The van der Waals surface area contributed by atoms with Crippen LogP contribution in [0, 0.1) is 0 Å². The molecule has 1 heterocycles. The average molecular weight is 406 g/mol. The summed E-state index contributed by atoms with van der Waals surface area (Å²) in [5.41, 5.74) is 14.1. The van der Waals surface area contributed by atoms with E-state index in [2.05, 4.69) is 21.2 Å². The molecule has 9 heteroatoms. The third-order valence-electron chi connectivity index (χ3n) is 5.30. The number of amidine groups is 2. The molecule has 2 aliphatic rings. The Morgan fingerprint density at radius 1 is 1.13 bits per heavy atom. The molecule has 0 fully saturated rings. The molecule has 9 nitrogen and oxygen atoms in total. The molecule has 1 unspecified atom stereocenters. The van der Waals surface area contributed by atoms with E-state index in [9.17, 15) is 5.21 Å². The number of nitrogens with zero attached hydrogens (tertiary/aromatic N) is 4. The van der Waals surface area contributed by atoms with E-state index in [1.54, 1.807) is 25.3 Å². The number of hydrogen-bond acceptors (Lipinski definition) is 8. The number of oxime groups is 1. The van der Waals surface area contributed by atoms with Crippen LogP contribution < -0.4 is 20.9 Å². The van der Waals surface area contributed by atoms with Gasteiger partial charge >= 0.3 is 0 Å². The fourth-order valence-electron chi connectivity index (χ4n) is 3.85. The Morgan fingerprint density at radius 2 is 1.93 bits per heavy atom. The molecule has 1 aliphatic heterocycles. The molecular weight excluding hydrogens is 384 g/mol. The number of rotatable bonds is 4. The molecule has 0 saturated heterocycles. The first-order valence-corrected chi connectivity index (χ1v) is 9.34.